The first-order chi connectivity index (χ1) is 13.4. The second-order valence-electron chi connectivity index (χ2n) is 5.24. The van der Waals surface area contributed by atoms with E-state index in [1.54, 1.807) is 24.3 Å². The highest BCUT2D eigenvalue weighted by Gasteiger charge is 2.11. The van der Waals surface area contributed by atoms with Crippen LogP contribution in [-0.2, 0) is 9.59 Å². The van der Waals surface area contributed by atoms with E-state index in [1.807, 2.05) is 12.1 Å². The number of benzene rings is 2. The lowest BCUT2D eigenvalue weighted by molar-refractivity contribution is -0.139. The Kier molecular flexibility index (Phi) is 8.62. The van der Waals surface area contributed by atoms with Gasteiger partial charge in [-0.05, 0) is 52.3 Å². The molecule has 0 aliphatic heterocycles. The number of hydrogen-bond donors (Lipinski definition) is 2. The highest BCUT2D eigenvalue weighted by atomic mass is 79.9. The number of carbonyl (C=O) groups is 2. The molecule has 10 heteroatoms. The number of rotatable bonds is 9. The van der Waals surface area contributed by atoms with E-state index < -0.39 is 12.6 Å². The van der Waals surface area contributed by atoms with E-state index in [9.17, 15) is 9.59 Å². The SMILES string of the molecule is COc1cc(/C=N\NC(=O)CSc2ccc(Cl)cc2)c(Br)cc1OCC(=O)O. The molecule has 2 aromatic carbocycles. The zero-order chi connectivity index (χ0) is 20.5. The van der Waals surface area contributed by atoms with Crippen molar-refractivity contribution < 1.29 is 24.2 Å². The summed E-state index contributed by atoms with van der Waals surface area (Å²) in [4.78, 5) is 23.5. The average Bonchev–Trinajstić information content (AvgIpc) is 2.67. The molecule has 0 unspecified atom stereocenters. The summed E-state index contributed by atoms with van der Waals surface area (Å²) in [5.74, 6) is -0.539. The van der Waals surface area contributed by atoms with Gasteiger partial charge in [-0.15, -0.1) is 11.8 Å². The minimum absolute atomic E-state index is 0.200. The van der Waals surface area contributed by atoms with E-state index >= 15 is 0 Å². The van der Waals surface area contributed by atoms with Crippen LogP contribution in [0.25, 0.3) is 0 Å². The number of carboxylic acids is 1. The Labute approximate surface area is 179 Å². The van der Waals surface area contributed by atoms with E-state index in [1.165, 1.54) is 25.1 Å². The Morgan fingerprint density at radius 1 is 1.29 bits per heavy atom. The highest BCUT2D eigenvalue weighted by molar-refractivity contribution is 9.10. The summed E-state index contributed by atoms with van der Waals surface area (Å²) in [5.41, 5.74) is 3.06. The molecule has 0 fully saturated rings. The lowest BCUT2D eigenvalue weighted by atomic mass is 10.2. The summed E-state index contributed by atoms with van der Waals surface area (Å²) in [6, 6.07) is 10.4. The van der Waals surface area contributed by atoms with Crippen LogP contribution in [0.15, 0.2) is 50.9 Å². The van der Waals surface area contributed by atoms with Crippen molar-refractivity contribution in [1.82, 2.24) is 5.43 Å². The molecule has 0 radical (unpaired) electrons. The summed E-state index contributed by atoms with van der Waals surface area (Å²) in [5, 5.41) is 13.3. The van der Waals surface area contributed by atoms with Gasteiger partial charge in [0.1, 0.15) is 0 Å². The number of nitrogens with zero attached hydrogens (tertiary/aromatic N) is 1. The van der Waals surface area contributed by atoms with Crippen LogP contribution < -0.4 is 14.9 Å². The van der Waals surface area contributed by atoms with Gasteiger partial charge in [0.15, 0.2) is 18.1 Å². The summed E-state index contributed by atoms with van der Waals surface area (Å²) < 4.78 is 11.0. The molecule has 2 rings (SSSR count). The fourth-order valence-electron chi connectivity index (χ4n) is 1.95. The standard InChI is InChI=1S/C18H16BrClN2O5S/c1-26-15-6-11(14(19)7-16(15)27-9-18(24)25)8-21-22-17(23)10-28-13-4-2-12(20)3-5-13/h2-8H,9-10H2,1H3,(H,22,23)(H,24,25)/b21-8-. The van der Waals surface area contributed by atoms with Crippen molar-refractivity contribution in [2.24, 2.45) is 5.10 Å². The van der Waals surface area contributed by atoms with Gasteiger partial charge in [0, 0.05) is 20.0 Å². The number of carboxylic acid groups (broad SMARTS) is 1. The van der Waals surface area contributed by atoms with Gasteiger partial charge in [-0.3, -0.25) is 4.79 Å². The summed E-state index contributed by atoms with van der Waals surface area (Å²) in [7, 11) is 1.44. The van der Waals surface area contributed by atoms with E-state index in [4.69, 9.17) is 26.2 Å². The van der Waals surface area contributed by atoms with Crippen molar-refractivity contribution in [3.8, 4) is 11.5 Å². The first-order valence-electron chi connectivity index (χ1n) is 7.81. The molecule has 0 aliphatic carbocycles. The average molecular weight is 488 g/mol. The topological polar surface area (TPSA) is 97.2 Å². The Balaban J connectivity index is 1.94. The lowest BCUT2D eigenvalue weighted by Crippen LogP contribution is -2.19. The number of ether oxygens (including phenoxy) is 2. The van der Waals surface area contributed by atoms with Crippen LogP contribution in [0.3, 0.4) is 0 Å². The van der Waals surface area contributed by atoms with Gasteiger partial charge < -0.3 is 14.6 Å². The first-order valence-corrected chi connectivity index (χ1v) is 9.97. The second-order valence-corrected chi connectivity index (χ2v) is 7.58. The third kappa shape index (κ3) is 7.06. The smallest absolute Gasteiger partial charge is 0.341 e. The van der Waals surface area contributed by atoms with E-state index in [0.717, 1.165) is 4.90 Å². The number of hydrogen-bond acceptors (Lipinski definition) is 6. The Morgan fingerprint density at radius 2 is 2.00 bits per heavy atom. The predicted octanol–water partition coefficient (Wildman–Crippen LogP) is 3.82. The fraction of sp³-hybridized carbons (Fsp3) is 0.167. The molecule has 0 aliphatic rings. The third-order valence-corrected chi connectivity index (χ3v) is 5.16. The van der Waals surface area contributed by atoms with E-state index in [2.05, 4.69) is 26.5 Å². The van der Waals surface area contributed by atoms with Crippen LogP contribution in [0.4, 0.5) is 0 Å². The highest BCUT2D eigenvalue weighted by Crippen LogP contribution is 2.32. The largest absolute Gasteiger partial charge is 0.493 e. The van der Waals surface area contributed by atoms with Crippen molar-refractivity contribution in [3.05, 3.63) is 51.5 Å². The molecule has 0 saturated heterocycles. The number of halogens is 2. The Morgan fingerprint density at radius 3 is 2.64 bits per heavy atom. The molecule has 0 spiro atoms. The molecule has 0 aromatic heterocycles. The number of thioether (sulfide) groups is 1. The number of carbonyl (C=O) groups excluding carboxylic acids is 1. The molecule has 148 valence electrons. The van der Waals surface area contributed by atoms with Crippen molar-refractivity contribution in [2.75, 3.05) is 19.5 Å². The van der Waals surface area contributed by atoms with Crippen LogP contribution in [0, 0.1) is 0 Å². The maximum Gasteiger partial charge on any atom is 0.341 e. The number of aliphatic carboxylic acids is 1. The second kappa shape index (κ2) is 10.9. The van der Waals surface area contributed by atoms with Gasteiger partial charge in [0.05, 0.1) is 19.1 Å². The van der Waals surface area contributed by atoms with Gasteiger partial charge >= 0.3 is 5.97 Å². The summed E-state index contributed by atoms with van der Waals surface area (Å²) in [6.07, 6.45) is 1.44. The molecule has 0 atom stereocenters. The van der Waals surface area contributed by atoms with E-state index in [0.29, 0.717) is 20.8 Å². The maximum absolute atomic E-state index is 11.9. The first kappa shape index (κ1) is 22.1. The molecule has 0 heterocycles. The number of nitrogens with one attached hydrogen (secondary N) is 1. The fourth-order valence-corrected chi connectivity index (χ4v) is 3.19. The Bertz CT molecular complexity index is 877. The van der Waals surface area contributed by atoms with Crippen LogP contribution >= 0.6 is 39.3 Å². The Hall–Kier alpha value is -2.23. The van der Waals surface area contributed by atoms with Crippen LogP contribution in [0.2, 0.25) is 5.02 Å². The van der Waals surface area contributed by atoms with Gasteiger partial charge in [-0.25, -0.2) is 10.2 Å². The molecular formula is C18H16BrClN2O5S. The predicted molar refractivity (Wildman–Crippen MR) is 112 cm³/mol. The molecule has 2 N–H and O–H groups in total. The monoisotopic (exact) mass is 486 g/mol. The van der Waals surface area contributed by atoms with Gasteiger partial charge in [0.25, 0.3) is 0 Å². The molecule has 0 bridgehead atoms. The minimum Gasteiger partial charge on any atom is -0.493 e. The molecule has 7 nitrogen and oxygen atoms in total. The zero-order valence-corrected chi connectivity index (χ0v) is 17.8. The van der Waals surface area contributed by atoms with Gasteiger partial charge in [0.2, 0.25) is 5.91 Å². The van der Waals surface area contributed by atoms with Crippen LogP contribution in [-0.4, -0.2) is 42.7 Å². The van der Waals surface area contributed by atoms with Crippen molar-refractivity contribution in [1.29, 1.82) is 0 Å². The molecule has 0 saturated carbocycles. The molecule has 1 amide bonds. The lowest BCUT2D eigenvalue weighted by Gasteiger charge is -2.11. The van der Waals surface area contributed by atoms with Crippen molar-refractivity contribution in [3.63, 3.8) is 0 Å². The quantitative estimate of drug-likeness (QED) is 0.317. The minimum atomic E-state index is -1.09. The zero-order valence-electron chi connectivity index (χ0n) is 14.6. The number of methoxy groups -OCH3 is 1. The summed E-state index contributed by atoms with van der Waals surface area (Å²) >= 11 is 10.5. The molecule has 2 aromatic rings. The number of amides is 1. The maximum atomic E-state index is 11.9. The third-order valence-electron chi connectivity index (χ3n) is 3.21. The van der Waals surface area contributed by atoms with Gasteiger partial charge in [-0.2, -0.15) is 5.10 Å². The van der Waals surface area contributed by atoms with Crippen molar-refractivity contribution in [2.45, 2.75) is 4.90 Å². The van der Waals surface area contributed by atoms with Crippen molar-refractivity contribution >= 4 is 57.4 Å². The summed E-state index contributed by atoms with van der Waals surface area (Å²) in [6.45, 7) is -0.489. The number of hydrazone groups is 1. The van der Waals surface area contributed by atoms with Crippen LogP contribution in [0.1, 0.15) is 5.56 Å². The van der Waals surface area contributed by atoms with Gasteiger partial charge in [-0.1, -0.05) is 11.6 Å². The van der Waals surface area contributed by atoms with E-state index in [-0.39, 0.29) is 17.4 Å². The normalized spacial score (nSPS) is 10.7. The molecular weight excluding hydrogens is 472 g/mol. The molecule has 28 heavy (non-hydrogen) atoms. The van der Waals surface area contributed by atoms with Crippen LogP contribution in [0.5, 0.6) is 11.5 Å².